The van der Waals surface area contributed by atoms with E-state index < -0.39 is 17.7 Å². The minimum Gasteiger partial charge on any atom is -0.283 e. The second-order valence-corrected chi connectivity index (χ2v) is 3.58. The molecule has 0 aliphatic heterocycles. The van der Waals surface area contributed by atoms with Gasteiger partial charge in [0.2, 0.25) is 0 Å². The zero-order valence-corrected chi connectivity index (χ0v) is 9.43. The number of rotatable bonds is 3. The molecule has 0 aliphatic rings. The van der Waals surface area contributed by atoms with Crippen LogP contribution in [-0.2, 0) is 4.79 Å². The normalized spacial score (nSPS) is 12.4. The molecule has 0 aromatic heterocycles. The van der Waals surface area contributed by atoms with Crippen molar-refractivity contribution in [1.29, 1.82) is 0 Å². The number of hydrogen-bond donors (Lipinski definition) is 1. The first-order chi connectivity index (χ1) is 7.80. The second-order valence-electron chi connectivity index (χ2n) is 3.14. The van der Waals surface area contributed by atoms with E-state index in [9.17, 15) is 18.0 Å². The Kier molecular flexibility index (Phi) is 4.11. The van der Waals surface area contributed by atoms with Crippen LogP contribution in [0.15, 0.2) is 29.4 Å². The maximum atomic E-state index is 12.0. The lowest BCUT2D eigenvalue weighted by atomic mass is 10.3. The number of hydrogen-bond acceptors (Lipinski definition) is 3. The fourth-order valence-corrected chi connectivity index (χ4v) is 1.05. The van der Waals surface area contributed by atoms with Crippen molar-refractivity contribution in [2.45, 2.75) is 13.1 Å². The van der Waals surface area contributed by atoms with E-state index in [2.05, 4.69) is 10.5 Å². The number of carbonyl (C=O) groups is 1. The summed E-state index contributed by atoms with van der Waals surface area (Å²) in [6.07, 6.45) is -4.91. The van der Waals surface area contributed by atoms with Crippen molar-refractivity contribution in [3.63, 3.8) is 0 Å². The molecule has 3 nitrogen and oxygen atoms in total. The van der Waals surface area contributed by atoms with Gasteiger partial charge in [-0.2, -0.15) is 18.3 Å². The van der Waals surface area contributed by atoms with Gasteiger partial charge < -0.3 is 0 Å². The van der Waals surface area contributed by atoms with Crippen LogP contribution in [0.1, 0.15) is 6.92 Å². The number of hydrazone groups is 1. The van der Waals surface area contributed by atoms with Gasteiger partial charge in [-0.3, -0.25) is 10.2 Å². The van der Waals surface area contributed by atoms with E-state index in [1.807, 2.05) is 0 Å². The summed E-state index contributed by atoms with van der Waals surface area (Å²) in [5.74, 6) is -1.97. The molecule has 0 spiro atoms. The van der Waals surface area contributed by atoms with Crippen molar-refractivity contribution in [1.82, 2.24) is 0 Å². The van der Waals surface area contributed by atoms with Crippen LogP contribution in [0.3, 0.4) is 0 Å². The first-order valence-electron chi connectivity index (χ1n) is 4.48. The minimum atomic E-state index is -4.91. The molecule has 0 amide bonds. The van der Waals surface area contributed by atoms with Gasteiger partial charge in [-0.25, -0.2) is 0 Å². The third-order valence-electron chi connectivity index (χ3n) is 1.78. The summed E-state index contributed by atoms with van der Waals surface area (Å²) < 4.78 is 36.0. The zero-order valence-electron chi connectivity index (χ0n) is 8.68. The van der Waals surface area contributed by atoms with Crippen molar-refractivity contribution in [2.75, 3.05) is 5.43 Å². The Morgan fingerprint density at radius 2 is 1.82 bits per heavy atom. The molecule has 0 bridgehead atoms. The van der Waals surface area contributed by atoms with E-state index in [1.165, 1.54) is 12.1 Å². The van der Waals surface area contributed by atoms with Crippen LogP contribution in [0.5, 0.6) is 0 Å². The number of anilines is 1. The Labute approximate surface area is 100 Å². The summed E-state index contributed by atoms with van der Waals surface area (Å²) in [5.41, 5.74) is 2.11. The Hall–Kier alpha value is -1.56. The SMILES string of the molecule is C/C(=N/Nc1ccc(Cl)cc1)C(=O)C(F)(F)F. The summed E-state index contributed by atoms with van der Waals surface area (Å²) in [5, 5.41) is 3.83. The van der Waals surface area contributed by atoms with Gasteiger partial charge in [0.25, 0.3) is 5.78 Å². The number of alkyl halides is 3. The molecular formula is C10H8ClF3N2O. The van der Waals surface area contributed by atoms with Crippen LogP contribution >= 0.6 is 11.6 Å². The molecule has 17 heavy (non-hydrogen) atoms. The molecule has 0 unspecified atom stereocenters. The van der Waals surface area contributed by atoms with Crippen LogP contribution in [0.4, 0.5) is 18.9 Å². The van der Waals surface area contributed by atoms with E-state index in [1.54, 1.807) is 12.1 Å². The van der Waals surface area contributed by atoms with Crippen molar-refractivity contribution in [2.24, 2.45) is 5.10 Å². The topological polar surface area (TPSA) is 41.5 Å². The van der Waals surface area contributed by atoms with Crippen molar-refractivity contribution in [3.05, 3.63) is 29.3 Å². The van der Waals surface area contributed by atoms with Crippen LogP contribution < -0.4 is 5.43 Å². The fraction of sp³-hybridized carbons (Fsp3) is 0.200. The Bertz CT molecular complexity index is 440. The Morgan fingerprint density at radius 3 is 2.29 bits per heavy atom. The molecule has 0 heterocycles. The van der Waals surface area contributed by atoms with E-state index in [-0.39, 0.29) is 0 Å². The lowest BCUT2D eigenvalue weighted by Gasteiger charge is -2.05. The minimum absolute atomic E-state index is 0.434. The summed E-state index contributed by atoms with van der Waals surface area (Å²) >= 11 is 5.62. The lowest BCUT2D eigenvalue weighted by Crippen LogP contribution is -2.29. The molecule has 0 atom stereocenters. The average molecular weight is 265 g/mol. The second kappa shape index (κ2) is 5.18. The number of ketones is 1. The van der Waals surface area contributed by atoms with E-state index in [0.29, 0.717) is 10.7 Å². The molecule has 1 N–H and O–H groups in total. The lowest BCUT2D eigenvalue weighted by molar-refractivity contribution is -0.163. The van der Waals surface area contributed by atoms with E-state index in [0.717, 1.165) is 6.92 Å². The number of Topliss-reactive ketones (excluding diaryl/α,β-unsaturated/α-hetero) is 1. The highest BCUT2D eigenvalue weighted by Crippen LogP contribution is 2.17. The van der Waals surface area contributed by atoms with E-state index in [4.69, 9.17) is 11.6 Å². The molecule has 0 saturated heterocycles. The van der Waals surface area contributed by atoms with Crippen molar-refractivity contribution >= 4 is 28.8 Å². The maximum Gasteiger partial charge on any atom is 0.456 e. The Balaban J connectivity index is 2.71. The average Bonchev–Trinajstić information content (AvgIpc) is 2.25. The maximum absolute atomic E-state index is 12.0. The Morgan fingerprint density at radius 1 is 1.29 bits per heavy atom. The number of benzene rings is 1. The summed E-state index contributed by atoms with van der Waals surface area (Å²) in [7, 11) is 0. The zero-order chi connectivity index (χ0) is 13.1. The molecule has 0 saturated carbocycles. The summed E-state index contributed by atoms with van der Waals surface area (Å²) in [6, 6.07) is 6.13. The predicted octanol–water partition coefficient (Wildman–Crippen LogP) is 3.26. The molecule has 1 aromatic rings. The van der Waals surface area contributed by atoms with Crippen LogP contribution in [0.2, 0.25) is 5.02 Å². The molecular weight excluding hydrogens is 257 g/mol. The van der Waals surface area contributed by atoms with Gasteiger partial charge in [-0.15, -0.1) is 0 Å². The number of nitrogens with one attached hydrogen (secondary N) is 1. The van der Waals surface area contributed by atoms with Gasteiger partial charge in [0.05, 0.1) is 5.69 Å². The van der Waals surface area contributed by atoms with Crippen LogP contribution in [0, 0.1) is 0 Å². The van der Waals surface area contributed by atoms with Crippen LogP contribution in [-0.4, -0.2) is 17.7 Å². The number of nitrogens with zero attached hydrogens (tertiary/aromatic N) is 1. The van der Waals surface area contributed by atoms with Gasteiger partial charge in [-0.1, -0.05) is 11.6 Å². The summed E-state index contributed by atoms with van der Waals surface area (Å²) in [6.45, 7) is 0.985. The van der Waals surface area contributed by atoms with Gasteiger partial charge in [0.15, 0.2) is 0 Å². The van der Waals surface area contributed by atoms with Gasteiger partial charge in [-0.05, 0) is 31.2 Å². The monoisotopic (exact) mass is 264 g/mol. The fourth-order valence-electron chi connectivity index (χ4n) is 0.929. The van der Waals surface area contributed by atoms with Gasteiger partial charge >= 0.3 is 6.18 Å². The van der Waals surface area contributed by atoms with E-state index >= 15 is 0 Å². The number of halogens is 4. The van der Waals surface area contributed by atoms with Crippen molar-refractivity contribution in [3.8, 4) is 0 Å². The van der Waals surface area contributed by atoms with Gasteiger partial charge in [0.1, 0.15) is 5.71 Å². The molecule has 7 heteroatoms. The molecule has 0 aliphatic carbocycles. The first kappa shape index (κ1) is 13.5. The number of carbonyl (C=O) groups excluding carboxylic acids is 1. The highest BCUT2D eigenvalue weighted by atomic mass is 35.5. The highest BCUT2D eigenvalue weighted by Gasteiger charge is 2.40. The third-order valence-corrected chi connectivity index (χ3v) is 2.03. The molecule has 1 rings (SSSR count). The summed E-state index contributed by atoms with van der Waals surface area (Å²) in [4.78, 5) is 10.7. The smallest absolute Gasteiger partial charge is 0.283 e. The predicted molar refractivity (Wildman–Crippen MR) is 59.2 cm³/mol. The first-order valence-corrected chi connectivity index (χ1v) is 4.86. The quantitative estimate of drug-likeness (QED) is 0.672. The molecule has 1 aromatic carbocycles. The molecule has 0 radical (unpaired) electrons. The standard InChI is InChI=1S/C10H8ClF3N2O/c1-6(9(17)10(12,13)14)15-16-8-4-2-7(11)3-5-8/h2-5,16H,1H3/b15-6-. The van der Waals surface area contributed by atoms with Crippen LogP contribution in [0.25, 0.3) is 0 Å². The van der Waals surface area contributed by atoms with Gasteiger partial charge in [0, 0.05) is 5.02 Å². The highest BCUT2D eigenvalue weighted by molar-refractivity contribution is 6.41. The molecule has 92 valence electrons. The molecule has 0 fully saturated rings. The largest absolute Gasteiger partial charge is 0.456 e. The third kappa shape index (κ3) is 4.07. The van der Waals surface area contributed by atoms with Crippen molar-refractivity contribution < 1.29 is 18.0 Å².